The monoisotopic (exact) mass is 171 g/mol. The molecule has 1 aliphatic rings. The minimum Gasteiger partial charge on any atom is -0.396 e. The van der Waals surface area contributed by atoms with Crippen molar-refractivity contribution in [3.63, 3.8) is 0 Å². The number of aliphatic hydroxyl groups is 1. The highest BCUT2D eigenvalue weighted by atomic mass is 16.3. The molecule has 1 rings (SSSR count). The van der Waals surface area contributed by atoms with Crippen molar-refractivity contribution >= 4 is 0 Å². The summed E-state index contributed by atoms with van der Waals surface area (Å²) in [7, 11) is 0. The average Bonchev–Trinajstić information content (AvgIpc) is 2.06. The molecule has 0 bridgehead atoms. The van der Waals surface area contributed by atoms with Gasteiger partial charge in [-0.1, -0.05) is 13.3 Å². The standard InChI is InChI=1S/C10H21NO/c1-2-9-3-5-10(11,6-4-9)7-8-12/h9,12H,2-8,11H2,1H3. The summed E-state index contributed by atoms with van der Waals surface area (Å²) < 4.78 is 0. The molecule has 0 radical (unpaired) electrons. The summed E-state index contributed by atoms with van der Waals surface area (Å²) in [6, 6.07) is 0. The van der Waals surface area contributed by atoms with Crippen LogP contribution in [0.5, 0.6) is 0 Å². The summed E-state index contributed by atoms with van der Waals surface area (Å²) in [5, 5.41) is 8.83. The lowest BCUT2D eigenvalue weighted by Crippen LogP contribution is -2.43. The average molecular weight is 171 g/mol. The van der Waals surface area contributed by atoms with E-state index < -0.39 is 0 Å². The third-order valence-corrected chi connectivity index (χ3v) is 3.29. The first-order chi connectivity index (χ1) is 5.70. The number of aliphatic hydroxyl groups excluding tert-OH is 1. The van der Waals surface area contributed by atoms with Crippen LogP contribution in [0, 0.1) is 5.92 Å². The van der Waals surface area contributed by atoms with Crippen LogP contribution in [0.1, 0.15) is 45.4 Å². The molecule has 0 aromatic heterocycles. The Balaban J connectivity index is 2.33. The summed E-state index contributed by atoms with van der Waals surface area (Å²) in [6.45, 7) is 2.49. The van der Waals surface area contributed by atoms with E-state index in [0.717, 1.165) is 25.2 Å². The maximum absolute atomic E-state index is 8.83. The molecule has 1 aliphatic carbocycles. The van der Waals surface area contributed by atoms with Gasteiger partial charge >= 0.3 is 0 Å². The minimum atomic E-state index is -0.0412. The van der Waals surface area contributed by atoms with Crippen LogP contribution in [0.25, 0.3) is 0 Å². The van der Waals surface area contributed by atoms with Crippen molar-refractivity contribution in [2.75, 3.05) is 6.61 Å². The van der Waals surface area contributed by atoms with Crippen LogP contribution < -0.4 is 5.73 Å². The number of hydrogen-bond donors (Lipinski definition) is 2. The number of rotatable bonds is 3. The highest BCUT2D eigenvalue weighted by molar-refractivity contribution is 4.89. The molecule has 0 amide bonds. The zero-order chi connectivity index (χ0) is 9.03. The molecule has 0 atom stereocenters. The topological polar surface area (TPSA) is 46.2 Å². The molecule has 0 aromatic carbocycles. The van der Waals surface area contributed by atoms with Crippen molar-refractivity contribution < 1.29 is 5.11 Å². The van der Waals surface area contributed by atoms with Crippen LogP contribution in [0.4, 0.5) is 0 Å². The van der Waals surface area contributed by atoms with Gasteiger partial charge in [0.15, 0.2) is 0 Å². The van der Waals surface area contributed by atoms with Crippen LogP contribution in [0.2, 0.25) is 0 Å². The molecule has 0 unspecified atom stereocenters. The maximum Gasteiger partial charge on any atom is 0.0448 e. The third kappa shape index (κ3) is 2.46. The molecule has 0 saturated heterocycles. The maximum atomic E-state index is 8.83. The van der Waals surface area contributed by atoms with Gasteiger partial charge in [-0.3, -0.25) is 0 Å². The Labute approximate surface area is 75.2 Å². The lowest BCUT2D eigenvalue weighted by Gasteiger charge is -2.36. The van der Waals surface area contributed by atoms with Crippen molar-refractivity contribution in [3.05, 3.63) is 0 Å². The Kier molecular flexibility index (Phi) is 3.53. The van der Waals surface area contributed by atoms with Gasteiger partial charge in [-0.05, 0) is 38.0 Å². The van der Waals surface area contributed by atoms with Crippen LogP contribution in [0.15, 0.2) is 0 Å². The molecular weight excluding hydrogens is 150 g/mol. The second-order valence-electron chi connectivity index (χ2n) is 4.19. The SMILES string of the molecule is CCC1CCC(N)(CCO)CC1. The van der Waals surface area contributed by atoms with Gasteiger partial charge in [0.1, 0.15) is 0 Å². The fourth-order valence-electron chi connectivity index (χ4n) is 2.13. The van der Waals surface area contributed by atoms with Gasteiger partial charge in [-0.15, -0.1) is 0 Å². The van der Waals surface area contributed by atoms with Gasteiger partial charge in [-0.25, -0.2) is 0 Å². The number of hydrogen-bond acceptors (Lipinski definition) is 2. The summed E-state index contributed by atoms with van der Waals surface area (Å²) >= 11 is 0. The molecule has 2 heteroatoms. The van der Waals surface area contributed by atoms with E-state index >= 15 is 0 Å². The van der Waals surface area contributed by atoms with E-state index in [1.165, 1.54) is 19.3 Å². The molecule has 0 spiro atoms. The van der Waals surface area contributed by atoms with E-state index in [4.69, 9.17) is 10.8 Å². The largest absolute Gasteiger partial charge is 0.396 e. The Morgan fingerprint density at radius 1 is 1.42 bits per heavy atom. The van der Waals surface area contributed by atoms with Crippen molar-refractivity contribution in [3.8, 4) is 0 Å². The summed E-state index contributed by atoms with van der Waals surface area (Å²) in [5.74, 6) is 0.889. The molecule has 0 aromatic rings. The Morgan fingerprint density at radius 2 is 2.00 bits per heavy atom. The highest BCUT2D eigenvalue weighted by Crippen LogP contribution is 2.33. The minimum absolute atomic E-state index is 0.0412. The fourth-order valence-corrected chi connectivity index (χ4v) is 2.13. The molecule has 3 N–H and O–H groups in total. The molecule has 0 aliphatic heterocycles. The Morgan fingerprint density at radius 3 is 2.42 bits per heavy atom. The van der Waals surface area contributed by atoms with Crippen LogP contribution in [-0.2, 0) is 0 Å². The smallest absolute Gasteiger partial charge is 0.0448 e. The molecule has 0 heterocycles. The quantitative estimate of drug-likeness (QED) is 0.678. The second kappa shape index (κ2) is 4.24. The van der Waals surface area contributed by atoms with Crippen LogP contribution >= 0.6 is 0 Å². The number of nitrogens with two attached hydrogens (primary N) is 1. The van der Waals surface area contributed by atoms with Gasteiger partial charge in [0.2, 0.25) is 0 Å². The van der Waals surface area contributed by atoms with E-state index in [9.17, 15) is 0 Å². The van der Waals surface area contributed by atoms with Crippen molar-refractivity contribution in [2.45, 2.75) is 51.0 Å². The zero-order valence-electron chi connectivity index (χ0n) is 8.05. The Bertz CT molecular complexity index is 128. The first-order valence-corrected chi connectivity index (χ1v) is 5.10. The molecule has 72 valence electrons. The van der Waals surface area contributed by atoms with Crippen molar-refractivity contribution in [2.24, 2.45) is 11.7 Å². The molecular formula is C10H21NO. The van der Waals surface area contributed by atoms with Gasteiger partial charge in [0.05, 0.1) is 0 Å². The third-order valence-electron chi connectivity index (χ3n) is 3.29. The summed E-state index contributed by atoms with van der Waals surface area (Å²) in [4.78, 5) is 0. The molecule has 2 nitrogen and oxygen atoms in total. The van der Waals surface area contributed by atoms with Crippen LogP contribution in [-0.4, -0.2) is 17.3 Å². The normalized spacial score (nSPS) is 36.8. The van der Waals surface area contributed by atoms with Crippen molar-refractivity contribution in [1.82, 2.24) is 0 Å². The van der Waals surface area contributed by atoms with Crippen molar-refractivity contribution in [1.29, 1.82) is 0 Å². The van der Waals surface area contributed by atoms with E-state index in [1.54, 1.807) is 0 Å². The van der Waals surface area contributed by atoms with E-state index in [2.05, 4.69) is 6.92 Å². The highest BCUT2D eigenvalue weighted by Gasteiger charge is 2.30. The Hall–Kier alpha value is -0.0800. The molecule has 1 fully saturated rings. The van der Waals surface area contributed by atoms with Gasteiger partial charge in [-0.2, -0.15) is 0 Å². The van der Waals surface area contributed by atoms with E-state index in [0.29, 0.717) is 0 Å². The summed E-state index contributed by atoms with van der Waals surface area (Å²) in [5.41, 5.74) is 6.09. The lowest BCUT2D eigenvalue weighted by atomic mass is 9.75. The van der Waals surface area contributed by atoms with Gasteiger partial charge in [0, 0.05) is 12.1 Å². The molecule has 12 heavy (non-hydrogen) atoms. The first kappa shape index (κ1) is 10.0. The summed E-state index contributed by atoms with van der Waals surface area (Å²) in [6.07, 6.45) is 6.79. The fraction of sp³-hybridized carbons (Fsp3) is 1.00. The van der Waals surface area contributed by atoms with E-state index in [-0.39, 0.29) is 12.1 Å². The van der Waals surface area contributed by atoms with Crippen LogP contribution in [0.3, 0.4) is 0 Å². The predicted molar refractivity (Wildman–Crippen MR) is 50.9 cm³/mol. The van der Waals surface area contributed by atoms with Gasteiger partial charge in [0.25, 0.3) is 0 Å². The van der Waals surface area contributed by atoms with E-state index in [1.807, 2.05) is 0 Å². The molecule has 1 saturated carbocycles. The lowest BCUT2D eigenvalue weighted by molar-refractivity contribution is 0.174. The predicted octanol–water partition coefficient (Wildman–Crippen LogP) is 1.67. The van der Waals surface area contributed by atoms with Gasteiger partial charge < -0.3 is 10.8 Å². The second-order valence-corrected chi connectivity index (χ2v) is 4.19. The zero-order valence-corrected chi connectivity index (χ0v) is 8.05. The first-order valence-electron chi connectivity index (χ1n) is 5.10.